The van der Waals surface area contributed by atoms with Crippen molar-refractivity contribution in [2.75, 3.05) is 13.1 Å². The lowest BCUT2D eigenvalue weighted by Gasteiger charge is -2.08. The second kappa shape index (κ2) is 3.22. The van der Waals surface area contributed by atoms with Gasteiger partial charge in [-0.25, -0.2) is 0 Å². The predicted molar refractivity (Wildman–Crippen MR) is 44.0 cm³/mol. The summed E-state index contributed by atoms with van der Waals surface area (Å²) in [4.78, 5) is 10.9. The van der Waals surface area contributed by atoms with Crippen LogP contribution in [0.15, 0.2) is 0 Å². The molecule has 1 amide bonds. The van der Waals surface area contributed by atoms with E-state index in [0.717, 1.165) is 6.54 Å². The number of hydrogen-bond donors (Lipinski definition) is 2. The third-order valence-corrected chi connectivity index (χ3v) is 2.19. The van der Waals surface area contributed by atoms with Crippen LogP contribution in [0.3, 0.4) is 0 Å². The molecule has 0 radical (unpaired) electrons. The van der Waals surface area contributed by atoms with Crippen LogP contribution < -0.4 is 11.1 Å². The molecule has 64 valence electrons. The first-order valence-corrected chi connectivity index (χ1v) is 4.13. The van der Waals surface area contributed by atoms with Crippen molar-refractivity contribution < 1.29 is 4.79 Å². The third kappa shape index (κ3) is 2.89. The minimum absolute atomic E-state index is 0.0839. The molecule has 0 bridgehead atoms. The van der Waals surface area contributed by atoms with Gasteiger partial charge in [-0.05, 0) is 18.3 Å². The Morgan fingerprint density at radius 2 is 2.27 bits per heavy atom. The largest absolute Gasteiger partial charge is 0.356 e. The molecule has 11 heavy (non-hydrogen) atoms. The SMILES string of the molecule is CC1(CNC(=O)CCN)CC1. The topological polar surface area (TPSA) is 55.1 Å². The first kappa shape index (κ1) is 8.53. The zero-order valence-electron chi connectivity index (χ0n) is 7.02. The first-order chi connectivity index (χ1) is 5.16. The highest BCUT2D eigenvalue weighted by Crippen LogP contribution is 2.43. The van der Waals surface area contributed by atoms with E-state index >= 15 is 0 Å². The van der Waals surface area contributed by atoms with Gasteiger partial charge >= 0.3 is 0 Å². The molecular formula is C8H16N2O. The molecule has 0 atom stereocenters. The van der Waals surface area contributed by atoms with E-state index in [1.807, 2.05) is 0 Å². The summed E-state index contributed by atoms with van der Waals surface area (Å²) >= 11 is 0. The number of hydrogen-bond acceptors (Lipinski definition) is 2. The standard InChI is InChI=1S/C8H16N2O/c1-8(3-4-8)6-10-7(11)2-5-9/h2-6,9H2,1H3,(H,10,11). The van der Waals surface area contributed by atoms with Gasteiger partial charge in [0.25, 0.3) is 0 Å². The van der Waals surface area contributed by atoms with Gasteiger partial charge in [0.1, 0.15) is 0 Å². The summed E-state index contributed by atoms with van der Waals surface area (Å²) in [6.07, 6.45) is 2.95. The molecule has 1 rings (SSSR count). The van der Waals surface area contributed by atoms with Crippen molar-refractivity contribution in [2.45, 2.75) is 26.2 Å². The molecule has 3 N–H and O–H groups in total. The van der Waals surface area contributed by atoms with Crippen LogP contribution in [0, 0.1) is 5.41 Å². The summed E-state index contributed by atoms with van der Waals surface area (Å²) < 4.78 is 0. The highest BCUT2D eigenvalue weighted by atomic mass is 16.1. The molecule has 0 aliphatic heterocycles. The van der Waals surface area contributed by atoms with Crippen molar-refractivity contribution in [3.8, 4) is 0 Å². The van der Waals surface area contributed by atoms with Gasteiger partial charge in [0.15, 0.2) is 0 Å². The number of nitrogens with one attached hydrogen (secondary N) is 1. The van der Waals surface area contributed by atoms with Crippen molar-refractivity contribution in [3.63, 3.8) is 0 Å². The fourth-order valence-electron chi connectivity index (χ4n) is 0.922. The fraction of sp³-hybridized carbons (Fsp3) is 0.875. The second-order valence-corrected chi connectivity index (χ2v) is 3.63. The van der Waals surface area contributed by atoms with E-state index in [0.29, 0.717) is 18.4 Å². The van der Waals surface area contributed by atoms with E-state index in [-0.39, 0.29) is 5.91 Å². The van der Waals surface area contributed by atoms with Gasteiger partial charge in [0.05, 0.1) is 0 Å². The molecule has 1 fully saturated rings. The number of rotatable bonds is 4. The fourth-order valence-corrected chi connectivity index (χ4v) is 0.922. The van der Waals surface area contributed by atoms with Gasteiger partial charge in [0, 0.05) is 19.5 Å². The molecule has 0 aromatic heterocycles. The van der Waals surface area contributed by atoms with Crippen LogP contribution in [0.4, 0.5) is 0 Å². The lowest BCUT2D eigenvalue weighted by molar-refractivity contribution is -0.121. The van der Waals surface area contributed by atoms with E-state index in [4.69, 9.17) is 5.73 Å². The van der Waals surface area contributed by atoms with Gasteiger partial charge in [0.2, 0.25) is 5.91 Å². The van der Waals surface area contributed by atoms with Crippen LogP contribution in [0.1, 0.15) is 26.2 Å². The molecule has 0 heterocycles. The Hall–Kier alpha value is -0.570. The molecule has 3 nitrogen and oxygen atoms in total. The van der Waals surface area contributed by atoms with Crippen LogP contribution in [-0.2, 0) is 4.79 Å². The molecule has 0 aromatic carbocycles. The van der Waals surface area contributed by atoms with Crippen LogP contribution in [0.2, 0.25) is 0 Å². The summed E-state index contributed by atoms with van der Waals surface area (Å²) in [6.45, 7) is 3.46. The quantitative estimate of drug-likeness (QED) is 0.613. The van der Waals surface area contributed by atoms with Gasteiger partial charge in [-0.3, -0.25) is 4.79 Å². The minimum Gasteiger partial charge on any atom is -0.356 e. The Morgan fingerprint density at radius 1 is 1.64 bits per heavy atom. The van der Waals surface area contributed by atoms with Gasteiger partial charge in [-0.15, -0.1) is 0 Å². The molecule has 1 aliphatic rings. The van der Waals surface area contributed by atoms with Crippen molar-refractivity contribution in [1.82, 2.24) is 5.32 Å². The number of carbonyl (C=O) groups is 1. The Kier molecular flexibility index (Phi) is 2.49. The molecule has 1 aliphatic carbocycles. The average molecular weight is 156 g/mol. The highest BCUT2D eigenvalue weighted by Gasteiger charge is 2.37. The predicted octanol–water partition coefficient (Wildman–Crippen LogP) is 0.251. The maximum absolute atomic E-state index is 10.9. The molecule has 0 unspecified atom stereocenters. The van der Waals surface area contributed by atoms with E-state index in [1.54, 1.807) is 0 Å². The summed E-state index contributed by atoms with van der Waals surface area (Å²) in [6, 6.07) is 0. The van der Waals surface area contributed by atoms with Gasteiger partial charge in [-0.1, -0.05) is 6.92 Å². The third-order valence-electron chi connectivity index (χ3n) is 2.19. The van der Waals surface area contributed by atoms with Crippen LogP contribution in [-0.4, -0.2) is 19.0 Å². The number of amides is 1. The zero-order valence-corrected chi connectivity index (χ0v) is 7.02. The monoisotopic (exact) mass is 156 g/mol. The van der Waals surface area contributed by atoms with Crippen molar-refractivity contribution in [3.05, 3.63) is 0 Å². The number of nitrogens with two attached hydrogens (primary N) is 1. The van der Waals surface area contributed by atoms with E-state index in [9.17, 15) is 4.79 Å². The Balaban J connectivity index is 2.06. The zero-order chi connectivity index (χ0) is 8.32. The van der Waals surface area contributed by atoms with E-state index < -0.39 is 0 Å². The molecule has 1 saturated carbocycles. The van der Waals surface area contributed by atoms with Gasteiger partial charge in [-0.2, -0.15) is 0 Å². The van der Waals surface area contributed by atoms with Crippen molar-refractivity contribution in [1.29, 1.82) is 0 Å². The van der Waals surface area contributed by atoms with E-state index in [1.165, 1.54) is 12.8 Å². The highest BCUT2D eigenvalue weighted by molar-refractivity contribution is 5.76. The average Bonchev–Trinajstić information content (AvgIpc) is 2.66. The lowest BCUT2D eigenvalue weighted by Crippen LogP contribution is -2.30. The van der Waals surface area contributed by atoms with Crippen LogP contribution >= 0.6 is 0 Å². The van der Waals surface area contributed by atoms with Crippen LogP contribution in [0.25, 0.3) is 0 Å². The normalized spacial score (nSPS) is 19.5. The second-order valence-electron chi connectivity index (χ2n) is 3.63. The van der Waals surface area contributed by atoms with Gasteiger partial charge < -0.3 is 11.1 Å². The molecule has 3 heteroatoms. The Morgan fingerprint density at radius 3 is 2.73 bits per heavy atom. The summed E-state index contributed by atoms with van der Waals surface area (Å²) in [5, 5.41) is 2.87. The number of carbonyl (C=O) groups excluding carboxylic acids is 1. The molecule has 0 aromatic rings. The van der Waals surface area contributed by atoms with E-state index in [2.05, 4.69) is 12.2 Å². The van der Waals surface area contributed by atoms with Crippen molar-refractivity contribution >= 4 is 5.91 Å². The summed E-state index contributed by atoms with van der Waals surface area (Å²) in [7, 11) is 0. The lowest BCUT2D eigenvalue weighted by atomic mass is 10.1. The Bertz CT molecular complexity index is 152. The molecule has 0 saturated heterocycles. The summed E-state index contributed by atoms with van der Waals surface area (Å²) in [5.74, 6) is 0.0839. The summed E-state index contributed by atoms with van der Waals surface area (Å²) in [5.41, 5.74) is 5.63. The van der Waals surface area contributed by atoms with Crippen molar-refractivity contribution in [2.24, 2.45) is 11.1 Å². The minimum atomic E-state index is 0.0839. The maximum atomic E-state index is 10.9. The Labute approximate surface area is 67.3 Å². The smallest absolute Gasteiger partial charge is 0.221 e. The maximum Gasteiger partial charge on any atom is 0.221 e. The molecule has 0 spiro atoms. The first-order valence-electron chi connectivity index (χ1n) is 4.13. The van der Waals surface area contributed by atoms with Crippen LogP contribution in [0.5, 0.6) is 0 Å². The molecular weight excluding hydrogens is 140 g/mol.